The van der Waals surface area contributed by atoms with Crippen LogP contribution in [-0.2, 0) is 4.43 Å². The van der Waals surface area contributed by atoms with Crippen molar-refractivity contribution in [3.05, 3.63) is 0 Å². The predicted octanol–water partition coefficient (Wildman–Crippen LogP) is 1.76. The highest BCUT2D eigenvalue weighted by Gasteiger charge is 2.36. The maximum atomic E-state index is 9.16. The van der Waals surface area contributed by atoms with Crippen LogP contribution in [0, 0.1) is 24.7 Å². The first-order valence-corrected chi connectivity index (χ1v) is 9.95. The van der Waals surface area contributed by atoms with Gasteiger partial charge in [0.25, 0.3) is 0 Å². The summed E-state index contributed by atoms with van der Waals surface area (Å²) >= 11 is 0. The van der Waals surface area contributed by atoms with Crippen molar-refractivity contribution < 1.29 is 19.7 Å². The molecule has 0 aliphatic heterocycles. The Morgan fingerprint density at radius 1 is 1.05 bits per heavy atom. The van der Waals surface area contributed by atoms with E-state index in [1.165, 1.54) is 0 Å². The quantitative estimate of drug-likeness (QED) is 0.516. The molecule has 122 valence electrons. The standard InChI is InChI=1S/C11H22O2Si.C5H8O2/c1-7-10(12)8-9-13-14(5,6)11(2,3)4;1-2-5(7)3-4-6/h1,10,12H,8-9H2,2-6H3;1,5-7H,3-4H2/t10-;5-/m11/s1. The highest BCUT2D eigenvalue weighted by molar-refractivity contribution is 6.74. The van der Waals surface area contributed by atoms with Crippen molar-refractivity contribution in [1.82, 2.24) is 0 Å². The zero-order valence-corrected chi connectivity index (χ0v) is 14.9. The SMILES string of the molecule is C#C[C@@H](O)CCO.C#C[C@@H](O)CCO[Si](C)(C)C(C)(C)C. The zero-order valence-electron chi connectivity index (χ0n) is 13.9. The van der Waals surface area contributed by atoms with E-state index in [1.54, 1.807) is 0 Å². The molecule has 0 spiro atoms. The first-order valence-electron chi connectivity index (χ1n) is 7.05. The average Bonchev–Trinajstić information content (AvgIpc) is 2.37. The van der Waals surface area contributed by atoms with Crippen LogP contribution in [0.3, 0.4) is 0 Å². The number of hydrogen-bond donors (Lipinski definition) is 3. The molecule has 0 amide bonds. The van der Waals surface area contributed by atoms with Crippen LogP contribution in [0.2, 0.25) is 18.1 Å². The van der Waals surface area contributed by atoms with Crippen LogP contribution >= 0.6 is 0 Å². The summed E-state index contributed by atoms with van der Waals surface area (Å²) in [6, 6.07) is 0. The maximum absolute atomic E-state index is 9.16. The number of rotatable bonds is 6. The minimum Gasteiger partial charge on any atom is -0.417 e. The highest BCUT2D eigenvalue weighted by atomic mass is 28.4. The summed E-state index contributed by atoms with van der Waals surface area (Å²) in [5.74, 6) is 4.34. The zero-order chi connectivity index (χ0) is 17.1. The Labute approximate surface area is 130 Å². The fourth-order valence-corrected chi connectivity index (χ4v) is 1.99. The molecule has 21 heavy (non-hydrogen) atoms. The van der Waals surface area contributed by atoms with Gasteiger partial charge in [-0.1, -0.05) is 32.6 Å². The molecule has 3 N–H and O–H groups in total. The maximum Gasteiger partial charge on any atom is 0.191 e. The van der Waals surface area contributed by atoms with E-state index in [0.29, 0.717) is 13.0 Å². The van der Waals surface area contributed by atoms with Crippen molar-refractivity contribution in [2.24, 2.45) is 0 Å². The van der Waals surface area contributed by atoms with Gasteiger partial charge in [0.1, 0.15) is 12.2 Å². The van der Waals surface area contributed by atoms with Crippen LogP contribution in [-0.4, -0.2) is 49.1 Å². The van der Waals surface area contributed by atoms with Crippen molar-refractivity contribution in [2.45, 2.75) is 64.0 Å². The number of terminal acetylenes is 2. The fourth-order valence-electron chi connectivity index (χ4n) is 0.931. The molecule has 0 aliphatic rings. The van der Waals surface area contributed by atoms with Gasteiger partial charge in [0.2, 0.25) is 0 Å². The Kier molecular flexibility index (Phi) is 11.6. The second-order valence-electron chi connectivity index (χ2n) is 6.27. The second-order valence-corrected chi connectivity index (χ2v) is 11.1. The molecule has 0 bridgehead atoms. The van der Waals surface area contributed by atoms with Gasteiger partial charge >= 0.3 is 0 Å². The van der Waals surface area contributed by atoms with Gasteiger partial charge in [-0.15, -0.1) is 12.8 Å². The lowest BCUT2D eigenvalue weighted by Gasteiger charge is -2.36. The summed E-state index contributed by atoms with van der Waals surface area (Å²) in [5, 5.41) is 25.9. The monoisotopic (exact) mass is 314 g/mol. The van der Waals surface area contributed by atoms with Gasteiger partial charge in [-0.3, -0.25) is 0 Å². The summed E-state index contributed by atoms with van der Waals surface area (Å²) < 4.78 is 5.85. The van der Waals surface area contributed by atoms with E-state index in [4.69, 9.17) is 32.6 Å². The van der Waals surface area contributed by atoms with E-state index in [1.807, 2.05) is 0 Å². The second kappa shape index (κ2) is 10.8. The highest BCUT2D eigenvalue weighted by Crippen LogP contribution is 2.36. The fraction of sp³-hybridized carbons (Fsp3) is 0.750. The van der Waals surface area contributed by atoms with Gasteiger partial charge in [0.15, 0.2) is 8.32 Å². The molecule has 0 aromatic heterocycles. The summed E-state index contributed by atoms with van der Waals surface area (Å²) in [6.07, 6.45) is 9.18. The van der Waals surface area contributed by atoms with Crippen LogP contribution in [0.25, 0.3) is 0 Å². The third kappa shape index (κ3) is 11.5. The number of aliphatic hydroxyl groups excluding tert-OH is 3. The molecule has 0 unspecified atom stereocenters. The summed E-state index contributed by atoms with van der Waals surface area (Å²) in [6.45, 7) is 11.5. The lowest BCUT2D eigenvalue weighted by Crippen LogP contribution is -2.41. The lowest BCUT2D eigenvalue weighted by molar-refractivity contribution is 0.177. The van der Waals surface area contributed by atoms with Crippen molar-refractivity contribution in [3.8, 4) is 24.7 Å². The Bertz CT molecular complexity index is 347. The smallest absolute Gasteiger partial charge is 0.191 e. The normalized spacial score (nSPS) is 14.2. The molecule has 2 atom stereocenters. The molecular weight excluding hydrogens is 284 g/mol. The van der Waals surface area contributed by atoms with Gasteiger partial charge < -0.3 is 19.7 Å². The third-order valence-electron chi connectivity index (χ3n) is 3.45. The van der Waals surface area contributed by atoms with E-state index in [0.717, 1.165) is 0 Å². The minimum atomic E-state index is -1.66. The van der Waals surface area contributed by atoms with Gasteiger partial charge in [-0.05, 0) is 18.1 Å². The molecule has 0 aliphatic carbocycles. The van der Waals surface area contributed by atoms with Crippen LogP contribution in [0.1, 0.15) is 33.6 Å². The van der Waals surface area contributed by atoms with E-state index >= 15 is 0 Å². The van der Waals surface area contributed by atoms with Gasteiger partial charge in [-0.2, -0.15) is 0 Å². The Morgan fingerprint density at radius 3 is 1.76 bits per heavy atom. The molecule has 0 rings (SSSR count). The van der Waals surface area contributed by atoms with E-state index < -0.39 is 20.5 Å². The van der Waals surface area contributed by atoms with E-state index in [-0.39, 0.29) is 18.1 Å². The molecular formula is C16H30O4Si. The molecule has 0 aromatic carbocycles. The third-order valence-corrected chi connectivity index (χ3v) is 7.99. The van der Waals surface area contributed by atoms with Crippen molar-refractivity contribution in [3.63, 3.8) is 0 Å². The minimum absolute atomic E-state index is 0.0502. The molecule has 0 fully saturated rings. The Balaban J connectivity index is 0. The van der Waals surface area contributed by atoms with E-state index in [9.17, 15) is 0 Å². The summed E-state index contributed by atoms with van der Waals surface area (Å²) in [4.78, 5) is 0. The van der Waals surface area contributed by atoms with E-state index in [2.05, 4.69) is 45.7 Å². The van der Waals surface area contributed by atoms with Crippen molar-refractivity contribution >= 4 is 8.32 Å². The van der Waals surface area contributed by atoms with Gasteiger partial charge in [0, 0.05) is 26.1 Å². The molecule has 0 aromatic rings. The average molecular weight is 314 g/mol. The van der Waals surface area contributed by atoms with Crippen molar-refractivity contribution in [2.75, 3.05) is 13.2 Å². The molecule has 0 heterocycles. The largest absolute Gasteiger partial charge is 0.417 e. The molecule has 0 saturated heterocycles. The van der Waals surface area contributed by atoms with Gasteiger partial charge in [0.05, 0.1) is 0 Å². The summed E-state index contributed by atoms with van der Waals surface area (Å²) in [7, 11) is -1.66. The molecule has 5 heteroatoms. The summed E-state index contributed by atoms with van der Waals surface area (Å²) in [5.41, 5.74) is 0. The Morgan fingerprint density at radius 2 is 1.48 bits per heavy atom. The Hall–Kier alpha value is -0.823. The number of hydrogen-bond acceptors (Lipinski definition) is 4. The first kappa shape index (κ1) is 22.5. The van der Waals surface area contributed by atoms with Crippen molar-refractivity contribution in [1.29, 1.82) is 0 Å². The number of aliphatic hydroxyl groups is 3. The van der Waals surface area contributed by atoms with Crippen LogP contribution in [0.4, 0.5) is 0 Å². The van der Waals surface area contributed by atoms with Crippen LogP contribution < -0.4 is 0 Å². The molecule has 4 nitrogen and oxygen atoms in total. The van der Waals surface area contributed by atoms with Crippen LogP contribution in [0.15, 0.2) is 0 Å². The topological polar surface area (TPSA) is 69.9 Å². The lowest BCUT2D eigenvalue weighted by atomic mass is 10.2. The van der Waals surface area contributed by atoms with Crippen LogP contribution in [0.5, 0.6) is 0 Å². The predicted molar refractivity (Wildman–Crippen MR) is 89.1 cm³/mol. The molecule has 0 radical (unpaired) electrons. The van der Waals surface area contributed by atoms with Gasteiger partial charge in [-0.25, -0.2) is 0 Å². The molecule has 0 saturated carbocycles. The first-order chi connectivity index (χ1) is 9.51.